The molecule has 1 heterocycles. The Bertz CT molecular complexity index is 580. The predicted molar refractivity (Wildman–Crippen MR) is 91.8 cm³/mol. The first kappa shape index (κ1) is 16.3. The van der Waals surface area contributed by atoms with E-state index in [0.29, 0.717) is 12.5 Å². The van der Waals surface area contributed by atoms with Crippen molar-refractivity contribution in [2.75, 3.05) is 13.2 Å². The van der Waals surface area contributed by atoms with Gasteiger partial charge in [0.25, 0.3) is 0 Å². The molecular formula is C17H22ClNOS. The molecule has 0 aliphatic carbocycles. The molecule has 0 aliphatic rings. The van der Waals surface area contributed by atoms with Crippen LogP contribution in [0.2, 0.25) is 4.34 Å². The Balaban J connectivity index is 1.79. The third-order valence-electron chi connectivity index (χ3n) is 3.26. The van der Waals surface area contributed by atoms with Crippen molar-refractivity contribution >= 4 is 22.9 Å². The normalized spacial score (nSPS) is 11.1. The topological polar surface area (TPSA) is 21.3 Å². The predicted octanol–water partition coefficient (Wildman–Crippen LogP) is 5.00. The summed E-state index contributed by atoms with van der Waals surface area (Å²) in [4.78, 5) is 1.25. The zero-order chi connectivity index (χ0) is 15.2. The molecular weight excluding hydrogens is 302 g/mol. The van der Waals surface area contributed by atoms with Gasteiger partial charge in [-0.05, 0) is 42.2 Å². The summed E-state index contributed by atoms with van der Waals surface area (Å²) < 4.78 is 6.77. The number of thiophene rings is 1. The van der Waals surface area contributed by atoms with Gasteiger partial charge in [0, 0.05) is 18.0 Å². The zero-order valence-corrected chi connectivity index (χ0v) is 14.4. The number of nitrogens with one attached hydrogen (secondary N) is 1. The molecule has 0 radical (unpaired) electrons. The summed E-state index contributed by atoms with van der Waals surface area (Å²) in [7, 11) is 0. The molecule has 0 bridgehead atoms. The number of aryl methyl sites for hydroxylation is 1. The van der Waals surface area contributed by atoms with Gasteiger partial charge in [-0.25, -0.2) is 0 Å². The van der Waals surface area contributed by atoms with E-state index < -0.39 is 0 Å². The molecule has 0 amide bonds. The minimum absolute atomic E-state index is 0.474. The number of halogens is 1. The molecule has 0 saturated heterocycles. The van der Waals surface area contributed by atoms with Crippen LogP contribution in [-0.2, 0) is 6.54 Å². The molecule has 2 aromatic rings. The van der Waals surface area contributed by atoms with E-state index in [1.807, 2.05) is 6.07 Å². The van der Waals surface area contributed by atoms with E-state index >= 15 is 0 Å². The van der Waals surface area contributed by atoms with E-state index in [4.69, 9.17) is 16.3 Å². The number of rotatable bonds is 7. The lowest BCUT2D eigenvalue weighted by molar-refractivity contribution is 0.309. The number of ether oxygens (including phenoxy) is 1. The molecule has 21 heavy (non-hydrogen) atoms. The zero-order valence-electron chi connectivity index (χ0n) is 12.8. The van der Waals surface area contributed by atoms with Crippen molar-refractivity contribution in [2.45, 2.75) is 33.2 Å². The summed E-state index contributed by atoms with van der Waals surface area (Å²) in [5, 5.41) is 3.38. The maximum absolute atomic E-state index is 5.94. The first-order valence-electron chi connectivity index (χ1n) is 7.24. The summed E-state index contributed by atoms with van der Waals surface area (Å²) in [6.07, 6.45) is 0. The summed E-state index contributed by atoms with van der Waals surface area (Å²) in [5.74, 6) is 1.48. The monoisotopic (exact) mass is 323 g/mol. The van der Waals surface area contributed by atoms with E-state index in [9.17, 15) is 0 Å². The van der Waals surface area contributed by atoms with E-state index in [0.717, 1.165) is 23.2 Å². The Morgan fingerprint density at radius 2 is 2.05 bits per heavy atom. The van der Waals surface area contributed by atoms with Gasteiger partial charge in [0.15, 0.2) is 0 Å². The van der Waals surface area contributed by atoms with Crippen molar-refractivity contribution in [3.63, 3.8) is 0 Å². The third kappa shape index (κ3) is 5.03. The van der Waals surface area contributed by atoms with E-state index in [-0.39, 0.29) is 0 Å². The summed E-state index contributed by atoms with van der Waals surface area (Å²) in [6, 6.07) is 10.4. The molecule has 0 atom stereocenters. The highest BCUT2D eigenvalue weighted by molar-refractivity contribution is 7.16. The first-order chi connectivity index (χ1) is 10.1. The van der Waals surface area contributed by atoms with E-state index in [1.165, 1.54) is 16.0 Å². The Morgan fingerprint density at radius 3 is 2.71 bits per heavy atom. The third-order valence-corrected chi connectivity index (χ3v) is 4.49. The molecule has 1 N–H and O–H groups in total. The van der Waals surface area contributed by atoms with Crippen molar-refractivity contribution < 1.29 is 4.74 Å². The Kier molecular flexibility index (Phi) is 6.09. The van der Waals surface area contributed by atoms with Gasteiger partial charge in [-0.2, -0.15) is 0 Å². The Morgan fingerprint density at radius 1 is 1.24 bits per heavy atom. The van der Waals surface area contributed by atoms with Gasteiger partial charge in [-0.15, -0.1) is 11.3 Å². The SMILES string of the molecule is Cc1ccc(C(C)C)c(OCCNCc2ccc(Cl)s2)c1. The lowest BCUT2D eigenvalue weighted by atomic mass is 10.0. The standard InChI is InChI=1S/C17H22ClNOS/c1-12(2)15-6-4-13(3)10-16(15)20-9-8-19-11-14-5-7-17(18)21-14/h4-7,10,12,19H,8-9,11H2,1-3H3. The van der Waals surface area contributed by atoms with Crippen molar-refractivity contribution in [3.8, 4) is 5.75 Å². The van der Waals surface area contributed by atoms with Crippen molar-refractivity contribution in [3.05, 3.63) is 50.7 Å². The molecule has 1 aromatic carbocycles. The van der Waals surface area contributed by atoms with Gasteiger partial charge >= 0.3 is 0 Å². The van der Waals surface area contributed by atoms with Crippen LogP contribution in [0, 0.1) is 6.92 Å². The average Bonchev–Trinajstić information content (AvgIpc) is 2.84. The largest absolute Gasteiger partial charge is 0.492 e. The van der Waals surface area contributed by atoms with E-state index in [2.05, 4.69) is 50.4 Å². The van der Waals surface area contributed by atoms with Crippen LogP contribution in [0.15, 0.2) is 30.3 Å². The molecule has 0 aliphatic heterocycles. The molecule has 4 heteroatoms. The second-order valence-corrected chi connectivity index (χ2v) is 7.23. The number of benzene rings is 1. The molecule has 114 valence electrons. The highest BCUT2D eigenvalue weighted by Gasteiger charge is 2.07. The Labute approximate surface area is 136 Å². The fourth-order valence-corrected chi connectivity index (χ4v) is 3.19. The summed E-state index contributed by atoms with van der Waals surface area (Å²) >= 11 is 7.52. The first-order valence-corrected chi connectivity index (χ1v) is 8.44. The van der Waals surface area contributed by atoms with E-state index in [1.54, 1.807) is 11.3 Å². The van der Waals surface area contributed by atoms with Crippen LogP contribution in [-0.4, -0.2) is 13.2 Å². The Hall–Kier alpha value is -1.03. The highest BCUT2D eigenvalue weighted by atomic mass is 35.5. The molecule has 2 rings (SSSR count). The van der Waals surface area contributed by atoms with Gasteiger partial charge in [0.2, 0.25) is 0 Å². The second kappa shape index (κ2) is 7.83. The van der Waals surface area contributed by atoms with Crippen LogP contribution >= 0.6 is 22.9 Å². The highest BCUT2D eigenvalue weighted by Crippen LogP contribution is 2.27. The fourth-order valence-electron chi connectivity index (χ4n) is 2.14. The smallest absolute Gasteiger partial charge is 0.123 e. The van der Waals surface area contributed by atoms with Gasteiger partial charge in [-0.3, -0.25) is 0 Å². The minimum Gasteiger partial charge on any atom is -0.492 e. The van der Waals surface area contributed by atoms with Gasteiger partial charge in [-0.1, -0.05) is 37.6 Å². The van der Waals surface area contributed by atoms with Crippen molar-refractivity contribution in [2.24, 2.45) is 0 Å². The van der Waals surface area contributed by atoms with Crippen LogP contribution in [0.25, 0.3) is 0 Å². The van der Waals surface area contributed by atoms with Crippen molar-refractivity contribution in [1.82, 2.24) is 5.32 Å². The van der Waals surface area contributed by atoms with Crippen LogP contribution in [0.1, 0.15) is 35.8 Å². The lowest BCUT2D eigenvalue weighted by Gasteiger charge is -2.15. The maximum Gasteiger partial charge on any atom is 0.123 e. The second-order valence-electron chi connectivity index (χ2n) is 5.43. The lowest BCUT2D eigenvalue weighted by Crippen LogP contribution is -2.20. The van der Waals surface area contributed by atoms with Crippen LogP contribution < -0.4 is 10.1 Å². The van der Waals surface area contributed by atoms with Gasteiger partial charge < -0.3 is 10.1 Å². The number of hydrogen-bond acceptors (Lipinski definition) is 3. The molecule has 0 unspecified atom stereocenters. The molecule has 1 aromatic heterocycles. The van der Waals surface area contributed by atoms with Crippen LogP contribution in [0.5, 0.6) is 5.75 Å². The average molecular weight is 324 g/mol. The quantitative estimate of drug-likeness (QED) is 0.724. The molecule has 0 saturated carbocycles. The van der Waals surface area contributed by atoms with Gasteiger partial charge in [0.05, 0.1) is 4.34 Å². The molecule has 0 fully saturated rings. The fraction of sp³-hybridized carbons (Fsp3) is 0.412. The van der Waals surface area contributed by atoms with Crippen LogP contribution in [0.3, 0.4) is 0 Å². The number of hydrogen-bond donors (Lipinski definition) is 1. The minimum atomic E-state index is 0.474. The summed E-state index contributed by atoms with van der Waals surface area (Å²) in [5.41, 5.74) is 2.50. The van der Waals surface area contributed by atoms with Crippen LogP contribution in [0.4, 0.5) is 0 Å². The van der Waals surface area contributed by atoms with Crippen molar-refractivity contribution in [1.29, 1.82) is 0 Å². The van der Waals surface area contributed by atoms with Gasteiger partial charge in [0.1, 0.15) is 12.4 Å². The molecule has 0 spiro atoms. The maximum atomic E-state index is 5.94. The summed E-state index contributed by atoms with van der Waals surface area (Å²) in [6.45, 7) is 8.80. The molecule has 2 nitrogen and oxygen atoms in total.